The van der Waals surface area contributed by atoms with Gasteiger partial charge in [0.1, 0.15) is 0 Å². The van der Waals surface area contributed by atoms with Gasteiger partial charge in [-0.2, -0.15) is 0 Å². The number of hydrogen-bond donors (Lipinski definition) is 3. The van der Waals surface area contributed by atoms with Gasteiger partial charge in [-0.25, -0.2) is 0 Å². The number of β-amino-alcohol motifs (C(OH)–C–C–N with tert-alkyl or cyclic N) is 1. The predicted octanol–water partition coefficient (Wildman–Crippen LogP) is 0.273. The summed E-state index contributed by atoms with van der Waals surface area (Å²) >= 11 is 0. The van der Waals surface area contributed by atoms with Crippen LogP contribution in [0.2, 0.25) is 0 Å². The first-order chi connectivity index (χ1) is 8.43. The lowest BCUT2D eigenvalue weighted by atomic mass is 10.1. The van der Waals surface area contributed by atoms with Crippen molar-refractivity contribution in [1.82, 2.24) is 9.88 Å². The van der Waals surface area contributed by atoms with Crippen LogP contribution in [0.25, 0.3) is 0 Å². The van der Waals surface area contributed by atoms with E-state index in [1.165, 1.54) is 6.20 Å². The van der Waals surface area contributed by atoms with Crippen molar-refractivity contribution < 1.29 is 9.90 Å². The third-order valence-corrected chi connectivity index (χ3v) is 3.17. The minimum Gasteiger partial charge on any atom is -0.388 e. The number of nitrogens with two attached hydrogens (primary N) is 1. The average Bonchev–Trinajstić information content (AvgIpc) is 2.68. The minimum atomic E-state index is -0.801. The number of nitrogens with one attached hydrogen (secondary N) is 1. The van der Waals surface area contributed by atoms with Crippen LogP contribution in [-0.2, 0) is 0 Å². The van der Waals surface area contributed by atoms with Gasteiger partial charge < -0.3 is 15.4 Å². The zero-order valence-corrected chi connectivity index (χ0v) is 10.6. The molecule has 1 aliphatic rings. The maximum absolute atomic E-state index is 12.3. The Balaban J connectivity index is 2.24. The summed E-state index contributed by atoms with van der Waals surface area (Å²) in [5.41, 5.74) is 3.48. The number of hydrogen-bond acceptors (Lipinski definition) is 5. The smallest absolute Gasteiger partial charge is 0.257 e. The van der Waals surface area contributed by atoms with E-state index >= 15 is 0 Å². The summed E-state index contributed by atoms with van der Waals surface area (Å²) in [6.45, 7) is 4.44. The van der Waals surface area contributed by atoms with Crippen molar-refractivity contribution in [3.05, 3.63) is 23.5 Å². The number of aryl methyl sites for hydroxylation is 1. The number of nitrogens with zero attached hydrogens (tertiary/aromatic N) is 2. The SMILES string of the molecule is Cc1cc(NN)c(C(=O)N2CCC(C)(O)C2)cn1. The highest BCUT2D eigenvalue weighted by molar-refractivity contribution is 5.99. The zero-order chi connectivity index (χ0) is 13.3. The second kappa shape index (κ2) is 4.55. The zero-order valence-electron chi connectivity index (χ0n) is 10.6. The normalized spacial score (nSPS) is 23.2. The largest absolute Gasteiger partial charge is 0.388 e. The van der Waals surface area contributed by atoms with E-state index in [1.807, 2.05) is 6.92 Å². The summed E-state index contributed by atoms with van der Waals surface area (Å²) in [5.74, 6) is 5.25. The molecule has 1 aromatic heterocycles. The van der Waals surface area contributed by atoms with Crippen molar-refractivity contribution in [2.24, 2.45) is 5.84 Å². The van der Waals surface area contributed by atoms with E-state index in [-0.39, 0.29) is 5.91 Å². The Hall–Kier alpha value is -1.66. The van der Waals surface area contributed by atoms with E-state index in [2.05, 4.69) is 10.4 Å². The molecular formula is C12H18N4O2. The highest BCUT2D eigenvalue weighted by atomic mass is 16.3. The molecule has 2 rings (SSSR count). The van der Waals surface area contributed by atoms with E-state index in [0.717, 1.165) is 5.69 Å². The van der Waals surface area contributed by atoms with Gasteiger partial charge in [-0.15, -0.1) is 0 Å². The lowest BCUT2D eigenvalue weighted by Crippen LogP contribution is -2.34. The number of amides is 1. The second-order valence-electron chi connectivity index (χ2n) is 4.99. The van der Waals surface area contributed by atoms with Crippen molar-refractivity contribution in [2.75, 3.05) is 18.5 Å². The lowest BCUT2D eigenvalue weighted by molar-refractivity contribution is 0.0572. The Labute approximate surface area is 106 Å². The van der Waals surface area contributed by atoms with E-state index in [9.17, 15) is 9.90 Å². The van der Waals surface area contributed by atoms with Crippen LogP contribution >= 0.6 is 0 Å². The Morgan fingerprint density at radius 2 is 2.39 bits per heavy atom. The summed E-state index contributed by atoms with van der Waals surface area (Å²) in [4.78, 5) is 18.0. The van der Waals surface area contributed by atoms with Gasteiger partial charge in [-0.1, -0.05) is 0 Å². The molecule has 98 valence electrons. The molecule has 1 atom stereocenters. The number of aromatic nitrogens is 1. The van der Waals surface area contributed by atoms with E-state index < -0.39 is 5.60 Å². The van der Waals surface area contributed by atoms with Crippen LogP contribution in [0.3, 0.4) is 0 Å². The molecule has 1 fully saturated rings. The van der Waals surface area contributed by atoms with Crippen molar-refractivity contribution in [3.63, 3.8) is 0 Å². The molecule has 1 amide bonds. The molecule has 1 saturated heterocycles. The number of carbonyl (C=O) groups excluding carboxylic acids is 1. The summed E-state index contributed by atoms with van der Waals surface area (Å²) in [7, 11) is 0. The molecule has 0 aromatic carbocycles. The highest BCUT2D eigenvalue weighted by Gasteiger charge is 2.34. The molecule has 18 heavy (non-hydrogen) atoms. The van der Waals surface area contributed by atoms with Gasteiger partial charge in [-0.05, 0) is 26.3 Å². The number of carbonyl (C=O) groups is 1. The fourth-order valence-corrected chi connectivity index (χ4v) is 2.14. The van der Waals surface area contributed by atoms with Gasteiger partial charge >= 0.3 is 0 Å². The molecular weight excluding hydrogens is 232 g/mol. The molecule has 0 bridgehead atoms. The summed E-state index contributed by atoms with van der Waals surface area (Å²) < 4.78 is 0. The molecule has 0 saturated carbocycles. The maximum Gasteiger partial charge on any atom is 0.257 e. The molecule has 1 unspecified atom stereocenters. The Bertz CT molecular complexity index is 473. The monoisotopic (exact) mass is 250 g/mol. The minimum absolute atomic E-state index is 0.159. The second-order valence-corrected chi connectivity index (χ2v) is 4.99. The van der Waals surface area contributed by atoms with Crippen LogP contribution in [0.15, 0.2) is 12.3 Å². The molecule has 6 heteroatoms. The molecule has 0 radical (unpaired) electrons. The molecule has 6 nitrogen and oxygen atoms in total. The topological polar surface area (TPSA) is 91.5 Å². The first kappa shape index (κ1) is 12.8. The van der Waals surface area contributed by atoms with Crippen LogP contribution in [0.5, 0.6) is 0 Å². The quantitative estimate of drug-likeness (QED) is 0.518. The lowest BCUT2D eigenvalue weighted by Gasteiger charge is -2.20. The van der Waals surface area contributed by atoms with Crippen LogP contribution in [0.1, 0.15) is 29.4 Å². The predicted molar refractivity (Wildman–Crippen MR) is 67.9 cm³/mol. The fourth-order valence-electron chi connectivity index (χ4n) is 2.14. The van der Waals surface area contributed by atoms with Crippen LogP contribution < -0.4 is 11.3 Å². The maximum atomic E-state index is 12.3. The molecule has 0 aliphatic carbocycles. The number of rotatable bonds is 2. The van der Waals surface area contributed by atoms with E-state index in [0.29, 0.717) is 30.8 Å². The number of anilines is 1. The number of nitrogen functional groups attached to an aromatic ring is 1. The number of hydrazine groups is 1. The highest BCUT2D eigenvalue weighted by Crippen LogP contribution is 2.24. The van der Waals surface area contributed by atoms with Crippen LogP contribution in [0, 0.1) is 6.92 Å². The average molecular weight is 250 g/mol. The van der Waals surface area contributed by atoms with Gasteiger partial charge in [-0.3, -0.25) is 15.6 Å². The molecule has 0 spiro atoms. The molecule has 1 aromatic rings. The standard InChI is InChI=1S/C12H18N4O2/c1-8-5-10(15-13)9(6-14-8)11(17)16-4-3-12(2,18)7-16/h5-6,18H,3-4,7,13H2,1-2H3,(H,14,15). The third kappa shape index (κ3) is 2.44. The van der Waals surface area contributed by atoms with Crippen LogP contribution in [-0.4, -0.2) is 39.6 Å². The Morgan fingerprint density at radius 1 is 1.67 bits per heavy atom. The van der Waals surface area contributed by atoms with Gasteiger partial charge in [0.15, 0.2) is 0 Å². The van der Waals surface area contributed by atoms with Gasteiger partial charge in [0.25, 0.3) is 5.91 Å². The third-order valence-electron chi connectivity index (χ3n) is 3.17. The van der Waals surface area contributed by atoms with Crippen molar-refractivity contribution in [1.29, 1.82) is 0 Å². The molecule has 2 heterocycles. The van der Waals surface area contributed by atoms with E-state index in [1.54, 1.807) is 17.9 Å². The Morgan fingerprint density at radius 3 is 2.94 bits per heavy atom. The summed E-state index contributed by atoms with van der Waals surface area (Å²) in [6, 6.07) is 1.72. The number of aliphatic hydroxyl groups is 1. The molecule has 1 aliphatic heterocycles. The first-order valence-corrected chi connectivity index (χ1v) is 5.88. The van der Waals surface area contributed by atoms with Gasteiger partial charge in [0.2, 0.25) is 0 Å². The van der Waals surface area contributed by atoms with Crippen LogP contribution in [0.4, 0.5) is 5.69 Å². The fraction of sp³-hybridized carbons (Fsp3) is 0.500. The summed E-state index contributed by atoms with van der Waals surface area (Å²) in [5, 5.41) is 9.88. The van der Waals surface area contributed by atoms with Crippen molar-refractivity contribution in [3.8, 4) is 0 Å². The van der Waals surface area contributed by atoms with Gasteiger partial charge in [0, 0.05) is 25.0 Å². The molecule has 4 N–H and O–H groups in total. The number of pyridine rings is 1. The van der Waals surface area contributed by atoms with Gasteiger partial charge in [0.05, 0.1) is 16.9 Å². The van der Waals surface area contributed by atoms with E-state index in [4.69, 9.17) is 5.84 Å². The summed E-state index contributed by atoms with van der Waals surface area (Å²) in [6.07, 6.45) is 2.10. The number of likely N-dealkylation sites (tertiary alicyclic amines) is 1. The van der Waals surface area contributed by atoms with Crippen molar-refractivity contribution >= 4 is 11.6 Å². The Kier molecular flexibility index (Phi) is 3.23. The van der Waals surface area contributed by atoms with Crippen molar-refractivity contribution in [2.45, 2.75) is 25.9 Å². The first-order valence-electron chi connectivity index (χ1n) is 5.88.